The van der Waals surface area contributed by atoms with Gasteiger partial charge in [-0.1, -0.05) is 12.8 Å². The van der Waals surface area contributed by atoms with Crippen LogP contribution >= 0.6 is 0 Å². The third-order valence-corrected chi connectivity index (χ3v) is 3.65. The van der Waals surface area contributed by atoms with Gasteiger partial charge in [0.05, 0.1) is 0 Å². The van der Waals surface area contributed by atoms with Crippen LogP contribution in [-0.4, -0.2) is 43.2 Å². The first-order chi connectivity index (χ1) is 7.74. The Morgan fingerprint density at radius 3 is 2.38 bits per heavy atom. The molecule has 2 aliphatic rings. The molecule has 2 N–H and O–H groups in total. The number of piperidine rings is 1. The van der Waals surface area contributed by atoms with E-state index in [1.54, 1.807) is 0 Å². The van der Waals surface area contributed by atoms with Crippen LogP contribution in [0.15, 0.2) is 0 Å². The molecule has 2 fully saturated rings. The average molecular weight is 225 g/mol. The zero-order chi connectivity index (χ0) is 11.4. The first-order valence-corrected chi connectivity index (χ1v) is 6.49. The SMILES string of the molecule is CN1CCCC(NC(=O)NC2CCCC2)C1. The molecule has 1 aliphatic heterocycles. The zero-order valence-electron chi connectivity index (χ0n) is 10.2. The van der Waals surface area contributed by atoms with Crippen molar-refractivity contribution < 1.29 is 4.79 Å². The van der Waals surface area contributed by atoms with Crippen LogP contribution in [0, 0.1) is 0 Å². The van der Waals surface area contributed by atoms with Crippen molar-refractivity contribution in [3.05, 3.63) is 0 Å². The Balaban J connectivity index is 1.69. The van der Waals surface area contributed by atoms with Gasteiger partial charge in [-0.2, -0.15) is 0 Å². The standard InChI is InChI=1S/C12H23N3O/c1-15-8-4-7-11(9-15)14-12(16)13-10-5-2-3-6-10/h10-11H,2-9H2,1H3,(H2,13,14,16). The van der Waals surface area contributed by atoms with E-state index in [0.29, 0.717) is 12.1 Å². The normalized spacial score (nSPS) is 27.9. The topological polar surface area (TPSA) is 44.4 Å². The fourth-order valence-electron chi connectivity index (χ4n) is 2.77. The summed E-state index contributed by atoms with van der Waals surface area (Å²) in [6.07, 6.45) is 7.12. The smallest absolute Gasteiger partial charge is 0.315 e. The number of likely N-dealkylation sites (N-methyl/N-ethyl adjacent to an activating group) is 1. The highest BCUT2D eigenvalue weighted by molar-refractivity contribution is 5.74. The van der Waals surface area contributed by atoms with Crippen LogP contribution in [0.2, 0.25) is 0 Å². The Bertz CT molecular complexity index is 238. The highest BCUT2D eigenvalue weighted by atomic mass is 16.2. The minimum absolute atomic E-state index is 0.0344. The predicted molar refractivity (Wildman–Crippen MR) is 64.4 cm³/mol. The van der Waals surface area contributed by atoms with Crippen molar-refractivity contribution in [2.45, 2.75) is 50.6 Å². The largest absolute Gasteiger partial charge is 0.335 e. The van der Waals surface area contributed by atoms with E-state index in [1.165, 1.54) is 19.3 Å². The third kappa shape index (κ3) is 3.37. The highest BCUT2D eigenvalue weighted by Gasteiger charge is 2.21. The molecule has 92 valence electrons. The van der Waals surface area contributed by atoms with Crippen molar-refractivity contribution in [2.24, 2.45) is 0 Å². The van der Waals surface area contributed by atoms with Gasteiger partial charge in [-0.15, -0.1) is 0 Å². The minimum Gasteiger partial charge on any atom is -0.335 e. The fraction of sp³-hybridized carbons (Fsp3) is 0.917. The maximum Gasteiger partial charge on any atom is 0.315 e. The van der Waals surface area contributed by atoms with Crippen molar-refractivity contribution in [3.8, 4) is 0 Å². The molecule has 4 heteroatoms. The average Bonchev–Trinajstić information content (AvgIpc) is 2.70. The van der Waals surface area contributed by atoms with Gasteiger partial charge in [0, 0.05) is 18.6 Å². The molecule has 0 spiro atoms. The van der Waals surface area contributed by atoms with Crippen LogP contribution in [0.25, 0.3) is 0 Å². The van der Waals surface area contributed by atoms with Crippen LogP contribution in [0.5, 0.6) is 0 Å². The predicted octanol–water partition coefficient (Wildman–Crippen LogP) is 1.32. The first-order valence-electron chi connectivity index (χ1n) is 6.49. The molecular formula is C12H23N3O. The molecule has 1 unspecified atom stereocenters. The molecule has 2 amide bonds. The number of carbonyl (C=O) groups excluding carboxylic acids is 1. The molecule has 16 heavy (non-hydrogen) atoms. The van der Waals surface area contributed by atoms with Gasteiger partial charge in [-0.25, -0.2) is 4.79 Å². The van der Waals surface area contributed by atoms with Crippen LogP contribution in [-0.2, 0) is 0 Å². The van der Waals surface area contributed by atoms with Gasteiger partial charge in [0.15, 0.2) is 0 Å². The van der Waals surface area contributed by atoms with Gasteiger partial charge in [0.2, 0.25) is 0 Å². The molecule has 1 atom stereocenters. The number of nitrogens with zero attached hydrogens (tertiary/aromatic N) is 1. The Hall–Kier alpha value is -0.770. The van der Waals surface area contributed by atoms with Crippen molar-refractivity contribution in [1.82, 2.24) is 15.5 Å². The van der Waals surface area contributed by atoms with Crippen molar-refractivity contribution in [1.29, 1.82) is 0 Å². The van der Waals surface area contributed by atoms with Gasteiger partial charge >= 0.3 is 6.03 Å². The number of carbonyl (C=O) groups is 1. The van der Waals surface area contributed by atoms with E-state index >= 15 is 0 Å². The highest BCUT2D eigenvalue weighted by Crippen LogP contribution is 2.17. The summed E-state index contributed by atoms with van der Waals surface area (Å²) in [7, 11) is 2.11. The quantitative estimate of drug-likeness (QED) is 0.744. The minimum atomic E-state index is 0.0344. The van der Waals surface area contributed by atoms with Crippen LogP contribution in [0.3, 0.4) is 0 Å². The molecule has 0 aromatic heterocycles. The lowest BCUT2D eigenvalue weighted by Gasteiger charge is -2.30. The van der Waals surface area contributed by atoms with E-state index in [4.69, 9.17) is 0 Å². The second kappa shape index (κ2) is 5.53. The third-order valence-electron chi connectivity index (χ3n) is 3.65. The lowest BCUT2D eigenvalue weighted by Crippen LogP contribution is -2.51. The van der Waals surface area contributed by atoms with E-state index in [9.17, 15) is 4.79 Å². The monoisotopic (exact) mass is 225 g/mol. The van der Waals surface area contributed by atoms with Gasteiger partial charge < -0.3 is 15.5 Å². The number of hydrogen-bond acceptors (Lipinski definition) is 2. The van der Waals surface area contributed by atoms with Crippen molar-refractivity contribution in [2.75, 3.05) is 20.1 Å². The number of nitrogens with one attached hydrogen (secondary N) is 2. The summed E-state index contributed by atoms with van der Waals surface area (Å²) in [5, 5.41) is 6.16. The van der Waals surface area contributed by atoms with Crippen LogP contribution in [0.4, 0.5) is 4.79 Å². The lowest BCUT2D eigenvalue weighted by molar-refractivity contribution is 0.207. The summed E-state index contributed by atoms with van der Waals surface area (Å²) in [4.78, 5) is 14.0. The van der Waals surface area contributed by atoms with Crippen molar-refractivity contribution in [3.63, 3.8) is 0 Å². The van der Waals surface area contributed by atoms with Gasteiger partial charge in [-0.3, -0.25) is 0 Å². The molecule has 2 rings (SSSR count). The summed E-state index contributed by atoms with van der Waals surface area (Å²) < 4.78 is 0. The maximum absolute atomic E-state index is 11.7. The summed E-state index contributed by atoms with van der Waals surface area (Å²) in [6, 6.07) is 0.786. The summed E-state index contributed by atoms with van der Waals surface area (Å²) >= 11 is 0. The first kappa shape index (κ1) is 11.7. The number of amides is 2. The van der Waals surface area contributed by atoms with Gasteiger partial charge in [-0.05, 0) is 39.3 Å². The summed E-state index contributed by atoms with van der Waals surface area (Å²) in [6.45, 7) is 2.14. The maximum atomic E-state index is 11.7. The van der Waals surface area contributed by atoms with Gasteiger partial charge in [0.1, 0.15) is 0 Å². The van der Waals surface area contributed by atoms with Crippen molar-refractivity contribution >= 4 is 6.03 Å². The Kier molecular flexibility index (Phi) is 4.04. The van der Waals surface area contributed by atoms with Crippen LogP contribution < -0.4 is 10.6 Å². The molecule has 1 heterocycles. The van der Waals surface area contributed by atoms with E-state index in [0.717, 1.165) is 32.4 Å². The number of hydrogen-bond donors (Lipinski definition) is 2. The number of rotatable bonds is 2. The Labute approximate surface area is 97.8 Å². The number of urea groups is 1. The Morgan fingerprint density at radius 2 is 1.69 bits per heavy atom. The second-order valence-corrected chi connectivity index (χ2v) is 5.20. The van der Waals surface area contributed by atoms with Crippen LogP contribution in [0.1, 0.15) is 38.5 Å². The lowest BCUT2D eigenvalue weighted by atomic mass is 10.1. The summed E-state index contributed by atoms with van der Waals surface area (Å²) in [5.74, 6) is 0. The van der Waals surface area contributed by atoms with E-state index in [2.05, 4.69) is 22.6 Å². The van der Waals surface area contributed by atoms with E-state index < -0.39 is 0 Å². The van der Waals surface area contributed by atoms with E-state index in [1.807, 2.05) is 0 Å². The second-order valence-electron chi connectivity index (χ2n) is 5.20. The van der Waals surface area contributed by atoms with E-state index in [-0.39, 0.29) is 6.03 Å². The molecule has 0 aromatic rings. The summed E-state index contributed by atoms with van der Waals surface area (Å²) in [5.41, 5.74) is 0. The zero-order valence-corrected chi connectivity index (χ0v) is 10.2. The molecule has 0 aromatic carbocycles. The molecule has 1 saturated heterocycles. The fourth-order valence-corrected chi connectivity index (χ4v) is 2.77. The molecule has 1 saturated carbocycles. The molecule has 4 nitrogen and oxygen atoms in total. The molecule has 1 aliphatic carbocycles. The van der Waals surface area contributed by atoms with Gasteiger partial charge in [0.25, 0.3) is 0 Å². The molecule has 0 radical (unpaired) electrons. The molecular weight excluding hydrogens is 202 g/mol. The Morgan fingerprint density at radius 1 is 1.06 bits per heavy atom. The number of likely N-dealkylation sites (tertiary alicyclic amines) is 1. The molecule has 0 bridgehead atoms.